The maximum Gasteiger partial charge on any atom is 0.321 e. The van der Waals surface area contributed by atoms with Crippen LogP contribution in [0.4, 0.5) is 0 Å². The van der Waals surface area contributed by atoms with Gasteiger partial charge < -0.3 is 102 Å². The molecule has 0 aliphatic carbocycles. The molecule has 0 bridgehead atoms. The number of fused-ring (bicyclic) bond motifs is 3. The number of thioether (sulfide) groups is 1. The van der Waals surface area contributed by atoms with Crippen molar-refractivity contribution in [3.63, 3.8) is 0 Å². The Morgan fingerprint density at radius 3 is 1.29 bits per heavy atom. The van der Waals surface area contributed by atoms with Gasteiger partial charge in [-0.2, -0.15) is 0 Å². The van der Waals surface area contributed by atoms with Crippen molar-refractivity contribution in [2.24, 2.45) is 5.73 Å². The minimum Gasteiger partial charge on any atom is -0.508 e. The standard InChI is InChI=1S/C48H43NO20S.CH4.B/c49-19(48(65)66)14-70-47-36-30(61)13-29(60)35(46(36)69-44(41(47)64)17-3-6-22(53)25(56)9-17)38-34-28(59)12-27(58)33(45(34)68-43(40(38)63)16-2-5-21(52)24(55)8-16)37-32-26(57)10-18(50)11-31(32)67-42(39(37)62)15-1-4-20(51)23(54)7-15;;/h1-13,19,37-44,47,50-64H,14,49H2,(H,65,66);1H4;/t19-,37?,38?,39?,40?,41?,42?,43?,44?,47?;;/m0../s1. The van der Waals surface area contributed by atoms with Gasteiger partial charge in [0.2, 0.25) is 0 Å². The molecule has 0 fully saturated rings. The summed E-state index contributed by atoms with van der Waals surface area (Å²) in [6, 6.07) is 12.3. The monoisotopic (exact) mass is 1010 g/mol. The van der Waals surface area contributed by atoms with Crippen LogP contribution in [0.3, 0.4) is 0 Å². The van der Waals surface area contributed by atoms with E-state index in [-0.39, 0.29) is 55.2 Å². The van der Waals surface area contributed by atoms with Crippen LogP contribution in [0.5, 0.6) is 86.2 Å². The van der Waals surface area contributed by atoms with Gasteiger partial charge in [-0.25, -0.2) is 0 Å². The number of carboxylic acids is 1. The molecule has 3 aliphatic heterocycles. The maximum absolute atomic E-state index is 12.7. The van der Waals surface area contributed by atoms with Crippen LogP contribution in [0.2, 0.25) is 0 Å². The number of aromatic hydroxyl groups is 12. The fourth-order valence-corrected chi connectivity index (χ4v) is 10.7. The average Bonchev–Trinajstić information content (AvgIpc) is 3.29. The van der Waals surface area contributed by atoms with Crippen LogP contribution in [-0.2, 0) is 4.79 Å². The van der Waals surface area contributed by atoms with E-state index in [9.17, 15) is 86.5 Å². The van der Waals surface area contributed by atoms with Crippen molar-refractivity contribution in [2.75, 3.05) is 5.75 Å². The quantitative estimate of drug-likeness (QED) is 0.0707. The molecular weight excluding hydrogens is 965 g/mol. The Balaban J connectivity index is 0.00000380. The predicted molar refractivity (Wildman–Crippen MR) is 254 cm³/mol. The summed E-state index contributed by atoms with van der Waals surface area (Å²) in [7, 11) is 0. The lowest BCUT2D eigenvalue weighted by Gasteiger charge is -2.44. The van der Waals surface area contributed by atoms with E-state index in [4.69, 9.17) is 19.9 Å². The number of phenolic OH excluding ortho intramolecular Hbond substituents is 12. The molecule has 21 nitrogen and oxygen atoms in total. The lowest BCUT2D eigenvalue weighted by atomic mass is 9.73. The Labute approximate surface area is 413 Å². The Morgan fingerprint density at radius 1 is 0.486 bits per heavy atom. The van der Waals surface area contributed by atoms with Crippen molar-refractivity contribution in [3.05, 3.63) is 123 Å². The highest BCUT2D eigenvalue weighted by Crippen LogP contribution is 2.64. The number of benzene rings is 6. The van der Waals surface area contributed by atoms with Gasteiger partial charge in [0.1, 0.15) is 76.1 Å². The molecule has 0 saturated carbocycles. The first-order valence-corrected chi connectivity index (χ1v) is 22.1. The Morgan fingerprint density at radius 2 is 0.861 bits per heavy atom. The van der Waals surface area contributed by atoms with Gasteiger partial charge in [0.15, 0.2) is 52.8 Å². The van der Waals surface area contributed by atoms with Gasteiger partial charge in [0, 0.05) is 60.7 Å². The van der Waals surface area contributed by atoms with Crippen LogP contribution in [0.25, 0.3) is 0 Å². The molecular formula is C49H47BNO20S. The largest absolute Gasteiger partial charge is 0.508 e. The van der Waals surface area contributed by atoms with Gasteiger partial charge in [-0.3, -0.25) is 4.79 Å². The normalized spacial score (nSPS) is 23.2. The molecule has 3 aliphatic rings. The van der Waals surface area contributed by atoms with E-state index in [1.165, 1.54) is 18.2 Å². The summed E-state index contributed by atoms with van der Waals surface area (Å²) in [5.41, 5.74) is 3.95. The molecule has 18 N–H and O–H groups in total. The third-order valence-electron chi connectivity index (χ3n) is 12.7. The molecule has 23 heteroatoms. The van der Waals surface area contributed by atoms with Crippen LogP contribution in [0.15, 0.2) is 78.9 Å². The first-order chi connectivity index (χ1) is 33.2. The summed E-state index contributed by atoms with van der Waals surface area (Å²) in [6.45, 7) is 0. The van der Waals surface area contributed by atoms with Gasteiger partial charge in [-0.05, 0) is 53.1 Å². The SMILES string of the molecule is C.N[C@@H](CSC1c2c(O)cc(O)c(C3c4c(O)cc(O)c(C5c6c(O)cc(O)cc6OC(c6ccc(O)c(O)c6)C5O)c4OC(c4ccc(O)c(O)c4)C3O)c2OC(c2ccc(O)c(O)c2)C1O)C(=O)O.[B]. The van der Waals surface area contributed by atoms with Crippen LogP contribution in [-0.4, -0.2) is 126 Å². The topological polar surface area (TPSA) is 394 Å². The summed E-state index contributed by atoms with van der Waals surface area (Å²) in [5, 5.41) is 177. The van der Waals surface area contributed by atoms with Crippen molar-refractivity contribution in [1.82, 2.24) is 0 Å². The molecule has 10 atom stereocenters. The molecule has 3 heterocycles. The Hall–Kier alpha value is -7.96. The number of phenols is 12. The van der Waals surface area contributed by atoms with E-state index >= 15 is 0 Å². The molecule has 6 aromatic carbocycles. The van der Waals surface area contributed by atoms with Crippen molar-refractivity contribution in [2.45, 2.75) is 67.2 Å². The Bertz CT molecular complexity index is 3100. The van der Waals surface area contributed by atoms with Crippen molar-refractivity contribution in [1.29, 1.82) is 0 Å². The second kappa shape index (κ2) is 19.3. The van der Waals surface area contributed by atoms with E-state index in [0.29, 0.717) is 0 Å². The maximum atomic E-state index is 12.7. The molecule has 9 unspecified atom stereocenters. The number of aliphatic carboxylic acids is 1. The number of ether oxygens (including phenoxy) is 3. The summed E-state index contributed by atoms with van der Waals surface area (Å²) in [4.78, 5) is 11.9. The molecule has 72 heavy (non-hydrogen) atoms. The number of carbonyl (C=O) groups is 1. The zero-order valence-corrected chi connectivity index (χ0v) is 37.2. The molecule has 3 radical (unpaired) electrons. The van der Waals surface area contributed by atoms with E-state index in [0.717, 1.165) is 72.4 Å². The summed E-state index contributed by atoms with van der Waals surface area (Å²) in [5.74, 6) is -14.7. The zero-order chi connectivity index (χ0) is 50.4. The van der Waals surface area contributed by atoms with Gasteiger partial charge in [0.25, 0.3) is 0 Å². The summed E-state index contributed by atoms with van der Waals surface area (Å²) >= 11 is 0.754. The van der Waals surface area contributed by atoms with Gasteiger partial charge >= 0.3 is 5.97 Å². The second-order valence-corrected chi connectivity index (χ2v) is 18.2. The lowest BCUT2D eigenvalue weighted by Crippen LogP contribution is -2.39. The third kappa shape index (κ3) is 8.59. The number of nitrogens with two attached hydrogens (primary N) is 1. The molecule has 0 spiro atoms. The molecule has 377 valence electrons. The van der Waals surface area contributed by atoms with Crippen molar-refractivity contribution < 1.29 is 101 Å². The minimum atomic E-state index is -2.03. The molecule has 0 amide bonds. The first kappa shape index (κ1) is 51.9. The molecule has 0 saturated heterocycles. The van der Waals surface area contributed by atoms with Crippen LogP contribution in [0.1, 0.15) is 87.3 Å². The highest BCUT2D eigenvalue weighted by atomic mass is 32.2. The molecule has 0 aromatic heterocycles. The van der Waals surface area contributed by atoms with Crippen LogP contribution in [0, 0.1) is 0 Å². The van der Waals surface area contributed by atoms with Crippen LogP contribution >= 0.6 is 11.8 Å². The smallest absolute Gasteiger partial charge is 0.321 e. The van der Waals surface area contributed by atoms with E-state index < -0.39 is 163 Å². The number of carboxylic acid groups (broad SMARTS) is 1. The fourth-order valence-electron chi connectivity index (χ4n) is 9.42. The number of hydrogen-bond acceptors (Lipinski definition) is 21. The van der Waals surface area contributed by atoms with E-state index in [1.54, 1.807) is 0 Å². The van der Waals surface area contributed by atoms with Gasteiger partial charge in [0.05, 0.1) is 22.6 Å². The molecule has 6 aromatic rings. The van der Waals surface area contributed by atoms with Gasteiger partial charge in [-0.15, -0.1) is 11.8 Å². The highest BCUT2D eigenvalue weighted by molar-refractivity contribution is 7.99. The number of aliphatic hydroxyl groups excluding tert-OH is 3. The predicted octanol–water partition coefficient (Wildman–Crippen LogP) is 4.34. The van der Waals surface area contributed by atoms with Crippen molar-refractivity contribution >= 4 is 26.1 Å². The van der Waals surface area contributed by atoms with Gasteiger partial charge in [-0.1, -0.05) is 25.6 Å². The third-order valence-corrected chi connectivity index (χ3v) is 14.1. The summed E-state index contributed by atoms with van der Waals surface area (Å²) < 4.78 is 19.1. The summed E-state index contributed by atoms with van der Waals surface area (Å²) in [6.07, 6.45) is -10.5. The zero-order valence-electron chi connectivity index (χ0n) is 36.3. The van der Waals surface area contributed by atoms with E-state index in [1.807, 2.05) is 0 Å². The van der Waals surface area contributed by atoms with Crippen LogP contribution < -0.4 is 19.9 Å². The number of hydrogen-bond donors (Lipinski definition) is 17. The van der Waals surface area contributed by atoms with E-state index in [2.05, 4.69) is 0 Å². The Kier molecular flexibility index (Phi) is 13.9. The average molecular weight is 1010 g/mol. The number of rotatable bonds is 9. The second-order valence-electron chi connectivity index (χ2n) is 17.0. The molecule has 9 rings (SSSR count). The minimum absolute atomic E-state index is 0. The first-order valence-electron chi connectivity index (χ1n) is 21.1. The lowest BCUT2D eigenvalue weighted by molar-refractivity contribution is -0.137. The fraction of sp³-hybridized carbons (Fsp3) is 0.245. The highest BCUT2D eigenvalue weighted by Gasteiger charge is 2.52. The number of aliphatic hydroxyl groups is 3. The van der Waals surface area contributed by atoms with Crippen molar-refractivity contribution in [3.8, 4) is 86.2 Å².